The van der Waals surface area contributed by atoms with Crippen LogP contribution >= 0.6 is 0 Å². The number of nitrogens with one attached hydrogen (secondary N) is 1. The highest BCUT2D eigenvalue weighted by Gasteiger charge is 2.11. The maximum Gasteiger partial charge on any atom is 0.137 e. The summed E-state index contributed by atoms with van der Waals surface area (Å²) in [5, 5.41) is 0. The van der Waals surface area contributed by atoms with Crippen LogP contribution in [0, 0.1) is 5.82 Å². The number of hydrogen-bond donors (Lipinski definition) is 1. The Morgan fingerprint density at radius 2 is 1.50 bits per heavy atom. The predicted molar refractivity (Wildman–Crippen MR) is 69.4 cm³/mol. The lowest BCUT2D eigenvalue weighted by atomic mass is 9.99. The zero-order chi connectivity index (χ0) is 12.4. The molecule has 1 aromatic heterocycles. The second-order valence-electron chi connectivity index (χ2n) is 3.96. The molecule has 3 heteroatoms. The van der Waals surface area contributed by atoms with Crippen LogP contribution in [0.3, 0.4) is 0 Å². The van der Waals surface area contributed by atoms with Gasteiger partial charge in [0.1, 0.15) is 11.6 Å². The maximum atomic E-state index is 13.9. The summed E-state index contributed by atoms with van der Waals surface area (Å²) in [6.45, 7) is 0. The van der Waals surface area contributed by atoms with E-state index >= 15 is 0 Å². The van der Waals surface area contributed by atoms with Crippen molar-refractivity contribution in [3.63, 3.8) is 0 Å². The lowest BCUT2D eigenvalue weighted by Gasteiger charge is -2.08. The third kappa shape index (κ3) is 1.80. The van der Waals surface area contributed by atoms with E-state index in [1.165, 1.54) is 6.07 Å². The van der Waals surface area contributed by atoms with Crippen molar-refractivity contribution in [2.45, 2.75) is 0 Å². The van der Waals surface area contributed by atoms with Crippen LogP contribution < -0.4 is 0 Å². The average molecular weight is 238 g/mol. The van der Waals surface area contributed by atoms with E-state index in [4.69, 9.17) is 0 Å². The molecular weight excluding hydrogens is 227 g/mol. The van der Waals surface area contributed by atoms with Gasteiger partial charge in [0, 0.05) is 23.5 Å². The van der Waals surface area contributed by atoms with Crippen molar-refractivity contribution in [2.24, 2.45) is 0 Å². The molecule has 3 rings (SSSR count). The van der Waals surface area contributed by atoms with Gasteiger partial charge in [0.2, 0.25) is 0 Å². The molecule has 0 bridgehead atoms. The van der Waals surface area contributed by atoms with Crippen LogP contribution in [0.2, 0.25) is 0 Å². The molecule has 88 valence electrons. The van der Waals surface area contributed by atoms with Crippen molar-refractivity contribution >= 4 is 0 Å². The Morgan fingerprint density at radius 3 is 2.17 bits per heavy atom. The van der Waals surface area contributed by atoms with Crippen LogP contribution in [0.1, 0.15) is 0 Å². The van der Waals surface area contributed by atoms with E-state index in [9.17, 15) is 4.39 Å². The number of aromatic nitrogens is 2. The van der Waals surface area contributed by atoms with Crippen molar-refractivity contribution in [1.29, 1.82) is 0 Å². The number of halogens is 1. The van der Waals surface area contributed by atoms with E-state index in [1.807, 2.05) is 30.3 Å². The van der Waals surface area contributed by atoms with Gasteiger partial charge in [-0.15, -0.1) is 0 Å². The Hall–Kier alpha value is -2.42. The lowest BCUT2D eigenvalue weighted by molar-refractivity contribution is 0.631. The highest BCUT2D eigenvalue weighted by molar-refractivity contribution is 5.80. The zero-order valence-corrected chi connectivity index (χ0v) is 9.60. The van der Waals surface area contributed by atoms with Crippen LogP contribution in [0.25, 0.3) is 22.5 Å². The highest BCUT2D eigenvalue weighted by Crippen LogP contribution is 2.31. The third-order valence-electron chi connectivity index (χ3n) is 2.84. The van der Waals surface area contributed by atoms with Crippen molar-refractivity contribution < 1.29 is 4.39 Å². The Balaban J connectivity index is 2.22. The first-order chi connectivity index (χ1) is 8.86. The molecule has 0 saturated heterocycles. The summed E-state index contributed by atoms with van der Waals surface area (Å²) in [5.41, 5.74) is 2.32. The summed E-state index contributed by atoms with van der Waals surface area (Å²) in [6, 6.07) is 14.4. The molecule has 0 aliphatic heterocycles. The van der Waals surface area contributed by atoms with E-state index < -0.39 is 0 Å². The zero-order valence-electron chi connectivity index (χ0n) is 9.60. The number of benzene rings is 2. The largest absolute Gasteiger partial charge is 0.345 e. The average Bonchev–Trinajstić information content (AvgIpc) is 2.93. The molecule has 0 aliphatic carbocycles. The van der Waals surface area contributed by atoms with Gasteiger partial charge in [0.05, 0.1) is 0 Å². The molecule has 2 nitrogen and oxygen atoms in total. The summed E-state index contributed by atoms with van der Waals surface area (Å²) >= 11 is 0. The van der Waals surface area contributed by atoms with Crippen molar-refractivity contribution in [2.75, 3.05) is 0 Å². The minimum atomic E-state index is -0.225. The topological polar surface area (TPSA) is 28.7 Å². The van der Waals surface area contributed by atoms with Crippen molar-refractivity contribution in [3.8, 4) is 22.5 Å². The summed E-state index contributed by atoms with van der Waals surface area (Å²) in [6.07, 6.45) is 3.45. The molecule has 0 saturated carbocycles. The van der Waals surface area contributed by atoms with Crippen LogP contribution in [-0.2, 0) is 0 Å². The Labute approximate surface area is 104 Å². The molecule has 2 aromatic carbocycles. The first kappa shape index (κ1) is 10.7. The van der Waals surface area contributed by atoms with Gasteiger partial charge >= 0.3 is 0 Å². The number of imidazole rings is 1. The first-order valence-electron chi connectivity index (χ1n) is 5.70. The number of aromatic amines is 1. The monoisotopic (exact) mass is 238 g/mol. The fourth-order valence-electron chi connectivity index (χ4n) is 2.02. The molecule has 0 unspecified atom stereocenters. The summed E-state index contributed by atoms with van der Waals surface area (Å²) in [5.74, 6) is 0.519. The molecule has 0 atom stereocenters. The van der Waals surface area contributed by atoms with E-state index in [0.717, 1.165) is 17.0 Å². The second-order valence-corrected chi connectivity index (χ2v) is 3.96. The van der Waals surface area contributed by atoms with E-state index in [1.54, 1.807) is 24.5 Å². The molecule has 0 radical (unpaired) electrons. The van der Waals surface area contributed by atoms with Crippen molar-refractivity contribution in [1.82, 2.24) is 9.97 Å². The summed E-state index contributed by atoms with van der Waals surface area (Å²) in [7, 11) is 0. The number of H-pyrrole nitrogens is 1. The third-order valence-corrected chi connectivity index (χ3v) is 2.84. The Kier molecular flexibility index (Phi) is 2.65. The molecule has 3 aromatic rings. The molecule has 1 heterocycles. The molecule has 0 aliphatic rings. The van der Waals surface area contributed by atoms with E-state index in [0.29, 0.717) is 5.56 Å². The lowest BCUT2D eigenvalue weighted by Crippen LogP contribution is -1.89. The highest BCUT2D eigenvalue weighted by atomic mass is 19.1. The van der Waals surface area contributed by atoms with Gasteiger partial charge in [0.15, 0.2) is 0 Å². The fraction of sp³-hybridized carbons (Fsp3) is 0. The molecule has 0 spiro atoms. The van der Waals surface area contributed by atoms with Gasteiger partial charge in [-0.1, -0.05) is 42.5 Å². The Bertz CT molecular complexity index is 660. The smallest absolute Gasteiger partial charge is 0.137 e. The Morgan fingerprint density at radius 1 is 0.833 bits per heavy atom. The van der Waals surface area contributed by atoms with Crippen LogP contribution in [0.15, 0.2) is 60.9 Å². The maximum absolute atomic E-state index is 13.9. The molecule has 0 fully saturated rings. The number of nitrogens with zero attached hydrogens (tertiary/aromatic N) is 1. The number of rotatable bonds is 2. The van der Waals surface area contributed by atoms with Gasteiger partial charge in [-0.2, -0.15) is 0 Å². The summed E-state index contributed by atoms with van der Waals surface area (Å²) < 4.78 is 13.9. The van der Waals surface area contributed by atoms with Crippen LogP contribution in [0.4, 0.5) is 4.39 Å². The molecule has 1 N–H and O–H groups in total. The van der Waals surface area contributed by atoms with Gasteiger partial charge in [-0.3, -0.25) is 0 Å². The van der Waals surface area contributed by atoms with Gasteiger partial charge in [0.25, 0.3) is 0 Å². The normalized spacial score (nSPS) is 10.5. The second kappa shape index (κ2) is 4.45. The van der Waals surface area contributed by atoms with Gasteiger partial charge in [-0.25, -0.2) is 9.37 Å². The minimum absolute atomic E-state index is 0.225. The van der Waals surface area contributed by atoms with Crippen LogP contribution in [0.5, 0.6) is 0 Å². The molecule has 18 heavy (non-hydrogen) atoms. The quantitative estimate of drug-likeness (QED) is 0.721. The van der Waals surface area contributed by atoms with E-state index in [2.05, 4.69) is 9.97 Å². The van der Waals surface area contributed by atoms with Crippen molar-refractivity contribution in [3.05, 3.63) is 66.7 Å². The predicted octanol–water partition coefficient (Wildman–Crippen LogP) is 3.88. The SMILES string of the molecule is Fc1ccccc1-c1ccccc1-c1ncc[nH]1. The summed E-state index contributed by atoms with van der Waals surface area (Å²) in [4.78, 5) is 7.27. The number of hydrogen-bond acceptors (Lipinski definition) is 1. The van der Waals surface area contributed by atoms with E-state index in [-0.39, 0.29) is 5.82 Å². The molecular formula is C15H11FN2. The van der Waals surface area contributed by atoms with Gasteiger partial charge < -0.3 is 4.98 Å². The fourth-order valence-corrected chi connectivity index (χ4v) is 2.02. The van der Waals surface area contributed by atoms with Crippen LogP contribution in [-0.4, -0.2) is 9.97 Å². The minimum Gasteiger partial charge on any atom is -0.345 e. The molecule has 0 amide bonds. The van der Waals surface area contributed by atoms with Gasteiger partial charge in [-0.05, 0) is 11.6 Å². The standard InChI is InChI=1S/C15H11FN2/c16-14-8-4-3-6-12(14)11-5-1-2-7-13(11)15-17-9-10-18-15/h1-10H,(H,17,18). The first-order valence-corrected chi connectivity index (χ1v) is 5.70.